The Hall–Kier alpha value is -1.75. The number of carbonyl (C=O) groups is 1. The Balaban J connectivity index is 2.13. The first kappa shape index (κ1) is 13.2. The predicted molar refractivity (Wildman–Crippen MR) is 82.0 cm³/mol. The number of aromatic amines is 1. The van der Waals surface area contributed by atoms with Crippen LogP contribution in [0, 0.1) is 13.8 Å². The highest BCUT2D eigenvalue weighted by Gasteiger charge is 2.32. The highest BCUT2D eigenvalue weighted by molar-refractivity contribution is 8.01. The number of nitrogens with one attached hydrogen (secondary N) is 2. The highest BCUT2D eigenvalue weighted by atomic mass is 32.2. The van der Waals surface area contributed by atoms with Gasteiger partial charge in [-0.15, -0.1) is 11.8 Å². The smallest absolute Gasteiger partial charge is 0.238 e. The minimum absolute atomic E-state index is 0.0119. The number of carbonyl (C=O) groups excluding carboxylic acids is 1. The molecule has 5 heteroatoms. The average Bonchev–Trinajstić information content (AvgIpc) is 2.70. The van der Waals surface area contributed by atoms with E-state index >= 15 is 0 Å². The molecule has 104 valence electrons. The molecular weight excluding hydrogens is 270 g/mol. The molecule has 0 bridgehead atoms. The van der Waals surface area contributed by atoms with Gasteiger partial charge in [0.25, 0.3) is 0 Å². The number of hydrogen-bond donors (Lipinski definition) is 2. The van der Waals surface area contributed by atoms with Crippen molar-refractivity contribution < 1.29 is 4.79 Å². The molecule has 2 aromatic rings. The van der Waals surface area contributed by atoms with Gasteiger partial charge in [0.1, 0.15) is 0 Å². The van der Waals surface area contributed by atoms with E-state index in [4.69, 9.17) is 0 Å². The molecule has 20 heavy (non-hydrogen) atoms. The second kappa shape index (κ2) is 4.98. The van der Waals surface area contributed by atoms with Crippen LogP contribution in [0.2, 0.25) is 0 Å². The fourth-order valence-corrected chi connectivity index (χ4v) is 3.80. The van der Waals surface area contributed by atoms with Crippen molar-refractivity contribution in [3.63, 3.8) is 0 Å². The number of aromatic nitrogens is 2. The molecule has 0 aliphatic carbocycles. The average molecular weight is 287 g/mol. The minimum Gasteiger partial charge on any atom is -0.308 e. The Kier molecular flexibility index (Phi) is 3.30. The maximum atomic E-state index is 12.0. The van der Waals surface area contributed by atoms with Crippen LogP contribution >= 0.6 is 11.8 Å². The number of aryl methyl sites for hydroxylation is 2. The Bertz CT molecular complexity index is 665. The van der Waals surface area contributed by atoms with Gasteiger partial charge in [-0.25, -0.2) is 0 Å². The van der Waals surface area contributed by atoms with E-state index in [9.17, 15) is 4.79 Å². The number of thioether (sulfide) groups is 1. The van der Waals surface area contributed by atoms with Gasteiger partial charge in [-0.05, 0) is 26.3 Å². The van der Waals surface area contributed by atoms with Gasteiger partial charge in [-0.1, -0.05) is 29.8 Å². The van der Waals surface area contributed by atoms with E-state index in [2.05, 4.69) is 46.7 Å². The van der Waals surface area contributed by atoms with Crippen molar-refractivity contribution in [3.8, 4) is 0 Å². The van der Waals surface area contributed by atoms with Crippen LogP contribution in [0.3, 0.4) is 0 Å². The molecule has 1 aliphatic heterocycles. The van der Waals surface area contributed by atoms with E-state index in [-0.39, 0.29) is 16.4 Å². The fraction of sp³-hybridized carbons (Fsp3) is 0.333. The maximum Gasteiger partial charge on any atom is 0.238 e. The molecule has 1 aromatic carbocycles. The molecule has 2 atom stereocenters. The largest absolute Gasteiger partial charge is 0.308 e. The van der Waals surface area contributed by atoms with Crippen molar-refractivity contribution in [3.05, 3.63) is 46.6 Å². The molecule has 0 saturated heterocycles. The Morgan fingerprint density at radius 1 is 1.30 bits per heavy atom. The van der Waals surface area contributed by atoms with Crippen LogP contribution in [0.4, 0.5) is 5.82 Å². The summed E-state index contributed by atoms with van der Waals surface area (Å²) in [6.07, 6.45) is 0. The zero-order valence-electron chi connectivity index (χ0n) is 11.7. The summed E-state index contributed by atoms with van der Waals surface area (Å²) in [5.41, 5.74) is 4.53. The Labute approximate surface area is 122 Å². The number of amides is 1. The number of nitrogens with zero attached hydrogens (tertiary/aromatic N) is 1. The Morgan fingerprint density at radius 3 is 2.85 bits per heavy atom. The number of fused-ring (bicyclic) bond motifs is 1. The SMILES string of the molecule is Cc1cccc([C@@H]2S[C@H](C)C(=O)Nc3n[nH]c(C)c32)c1. The van der Waals surface area contributed by atoms with Crippen molar-refractivity contribution >= 4 is 23.5 Å². The van der Waals surface area contributed by atoms with Gasteiger partial charge in [-0.2, -0.15) is 5.10 Å². The number of hydrogen-bond acceptors (Lipinski definition) is 3. The number of H-pyrrole nitrogens is 1. The van der Waals surface area contributed by atoms with E-state index in [1.54, 1.807) is 11.8 Å². The van der Waals surface area contributed by atoms with Crippen molar-refractivity contribution in [2.75, 3.05) is 5.32 Å². The first-order chi connectivity index (χ1) is 9.56. The summed E-state index contributed by atoms with van der Waals surface area (Å²) < 4.78 is 0. The highest BCUT2D eigenvalue weighted by Crippen LogP contribution is 2.44. The molecule has 0 radical (unpaired) electrons. The van der Waals surface area contributed by atoms with Crippen LogP contribution < -0.4 is 5.32 Å². The molecule has 0 saturated carbocycles. The van der Waals surface area contributed by atoms with Gasteiger partial charge in [-0.3, -0.25) is 9.89 Å². The third kappa shape index (κ3) is 2.22. The van der Waals surface area contributed by atoms with Crippen LogP contribution in [0.25, 0.3) is 0 Å². The third-order valence-corrected chi connectivity index (χ3v) is 4.95. The lowest BCUT2D eigenvalue weighted by atomic mass is 10.0. The molecule has 2 heterocycles. The second-order valence-corrected chi connectivity index (χ2v) is 6.62. The van der Waals surface area contributed by atoms with E-state index < -0.39 is 0 Å². The topological polar surface area (TPSA) is 57.8 Å². The van der Waals surface area contributed by atoms with Gasteiger partial charge >= 0.3 is 0 Å². The van der Waals surface area contributed by atoms with Crippen LogP contribution in [0.15, 0.2) is 24.3 Å². The molecule has 0 spiro atoms. The fourth-order valence-electron chi connectivity index (χ4n) is 2.48. The lowest BCUT2D eigenvalue weighted by Crippen LogP contribution is -2.21. The van der Waals surface area contributed by atoms with Crippen molar-refractivity contribution in [1.29, 1.82) is 0 Å². The van der Waals surface area contributed by atoms with E-state index in [1.807, 2.05) is 13.8 Å². The zero-order chi connectivity index (χ0) is 14.3. The summed E-state index contributed by atoms with van der Waals surface area (Å²) in [6.45, 7) is 6.02. The molecular formula is C15H17N3OS. The molecule has 1 amide bonds. The first-order valence-corrected chi connectivity index (χ1v) is 7.58. The van der Waals surface area contributed by atoms with Gasteiger partial charge in [0.15, 0.2) is 5.82 Å². The van der Waals surface area contributed by atoms with Crippen LogP contribution in [0.5, 0.6) is 0 Å². The summed E-state index contributed by atoms with van der Waals surface area (Å²) in [5.74, 6) is 0.675. The first-order valence-electron chi connectivity index (χ1n) is 6.64. The molecule has 0 fully saturated rings. The van der Waals surface area contributed by atoms with Gasteiger partial charge in [0.2, 0.25) is 5.91 Å². The van der Waals surface area contributed by atoms with E-state index in [0.29, 0.717) is 5.82 Å². The van der Waals surface area contributed by atoms with Gasteiger partial charge in [0, 0.05) is 11.3 Å². The molecule has 0 unspecified atom stereocenters. The summed E-state index contributed by atoms with van der Waals surface area (Å²) in [7, 11) is 0. The lowest BCUT2D eigenvalue weighted by Gasteiger charge is -2.18. The second-order valence-electron chi connectivity index (χ2n) is 5.17. The number of rotatable bonds is 1. The van der Waals surface area contributed by atoms with Crippen LogP contribution in [-0.2, 0) is 4.79 Å². The normalized spacial score (nSPS) is 22.1. The lowest BCUT2D eigenvalue weighted by molar-refractivity contribution is -0.115. The number of benzene rings is 1. The van der Waals surface area contributed by atoms with Gasteiger partial charge in [0.05, 0.1) is 10.5 Å². The predicted octanol–water partition coefficient (Wildman–Crippen LogP) is 3.19. The summed E-state index contributed by atoms with van der Waals surface area (Å²) in [6, 6.07) is 8.44. The van der Waals surface area contributed by atoms with Crippen LogP contribution in [-0.4, -0.2) is 21.4 Å². The third-order valence-electron chi connectivity index (χ3n) is 3.55. The molecule has 4 nitrogen and oxygen atoms in total. The van der Waals surface area contributed by atoms with Gasteiger partial charge < -0.3 is 5.32 Å². The maximum absolute atomic E-state index is 12.0. The van der Waals surface area contributed by atoms with Crippen LogP contribution in [0.1, 0.15) is 34.6 Å². The monoisotopic (exact) mass is 287 g/mol. The summed E-state index contributed by atoms with van der Waals surface area (Å²) in [4.78, 5) is 12.0. The van der Waals surface area contributed by atoms with Crippen molar-refractivity contribution in [2.45, 2.75) is 31.3 Å². The molecule has 2 N–H and O–H groups in total. The molecule has 1 aliphatic rings. The molecule has 1 aromatic heterocycles. The van der Waals surface area contributed by atoms with Crippen molar-refractivity contribution in [1.82, 2.24) is 10.2 Å². The molecule has 3 rings (SSSR count). The number of anilines is 1. The summed E-state index contributed by atoms with van der Waals surface area (Å²) >= 11 is 1.67. The van der Waals surface area contributed by atoms with E-state index in [1.165, 1.54) is 11.1 Å². The Morgan fingerprint density at radius 2 is 2.10 bits per heavy atom. The summed E-state index contributed by atoms with van der Waals surface area (Å²) in [5, 5.41) is 10.1. The zero-order valence-corrected chi connectivity index (χ0v) is 12.5. The van der Waals surface area contributed by atoms with Crippen molar-refractivity contribution in [2.24, 2.45) is 0 Å². The standard InChI is InChI=1S/C15H17N3OS/c1-8-5-4-6-11(7-8)13-12-9(2)17-18-14(12)16-15(19)10(3)20-13/h4-7,10,13H,1-3H3,(H2,16,17,18,19)/t10-,13+/m1/s1. The van der Waals surface area contributed by atoms with E-state index in [0.717, 1.165) is 11.3 Å². The quantitative estimate of drug-likeness (QED) is 0.847. The minimum atomic E-state index is -0.103.